The molecular formula is C15H14N6O2. The summed E-state index contributed by atoms with van der Waals surface area (Å²) in [5.74, 6) is 1.05. The fourth-order valence-corrected chi connectivity index (χ4v) is 1.83. The van der Waals surface area contributed by atoms with E-state index >= 15 is 0 Å². The highest BCUT2D eigenvalue weighted by Gasteiger charge is 2.10. The molecule has 0 saturated heterocycles. The molecular weight excluding hydrogens is 296 g/mol. The zero-order chi connectivity index (χ0) is 16.1. The first-order valence-electron chi connectivity index (χ1n) is 6.90. The van der Waals surface area contributed by atoms with Crippen molar-refractivity contribution in [3.05, 3.63) is 59.9 Å². The van der Waals surface area contributed by atoms with Gasteiger partial charge in [0.15, 0.2) is 5.82 Å². The molecule has 0 aliphatic heterocycles. The van der Waals surface area contributed by atoms with Gasteiger partial charge in [0.2, 0.25) is 5.95 Å². The van der Waals surface area contributed by atoms with Crippen molar-refractivity contribution < 1.29 is 9.32 Å². The second kappa shape index (κ2) is 6.65. The van der Waals surface area contributed by atoms with Crippen LogP contribution in [0.2, 0.25) is 0 Å². The third kappa shape index (κ3) is 3.88. The van der Waals surface area contributed by atoms with E-state index in [0.717, 1.165) is 5.56 Å². The largest absolute Gasteiger partial charge is 0.360 e. The van der Waals surface area contributed by atoms with E-state index in [2.05, 4.69) is 30.7 Å². The Labute approximate surface area is 132 Å². The Hall–Kier alpha value is -3.29. The zero-order valence-corrected chi connectivity index (χ0v) is 12.4. The molecule has 0 atom stereocenters. The minimum Gasteiger partial charge on any atom is -0.360 e. The molecule has 1 amide bonds. The van der Waals surface area contributed by atoms with Crippen LogP contribution in [0.5, 0.6) is 0 Å². The van der Waals surface area contributed by atoms with Gasteiger partial charge in [0, 0.05) is 37.4 Å². The number of carbonyl (C=O) groups is 1. The number of hydrogen-bond donors (Lipinski definition) is 2. The van der Waals surface area contributed by atoms with Crippen molar-refractivity contribution in [3.63, 3.8) is 0 Å². The highest BCUT2D eigenvalue weighted by atomic mass is 16.5. The third-order valence-electron chi connectivity index (χ3n) is 2.96. The van der Waals surface area contributed by atoms with E-state index in [-0.39, 0.29) is 5.91 Å². The summed E-state index contributed by atoms with van der Waals surface area (Å²) in [6, 6.07) is 5.43. The van der Waals surface area contributed by atoms with Crippen molar-refractivity contribution in [2.24, 2.45) is 0 Å². The first-order chi connectivity index (χ1) is 11.2. The van der Waals surface area contributed by atoms with Gasteiger partial charge in [-0.15, -0.1) is 0 Å². The molecule has 3 aromatic heterocycles. The van der Waals surface area contributed by atoms with Crippen LogP contribution in [0.4, 0.5) is 11.8 Å². The lowest BCUT2D eigenvalue weighted by Gasteiger charge is -2.05. The summed E-state index contributed by atoms with van der Waals surface area (Å²) in [6.45, 7) is 2.30. The lowest BCUT2D eigenvalue weighted by molar-refractivity contribution is 0.102. The van der Waals surface area contributed by atoms with Crippen LogP contribution in [0, 0.1) is 6.92 Å². The minimum atomic E-state index is -0.350. The lowest BCUT2D eigenvalue weighted by atomic mass is 10.3. The molecule has 3 rings (SSSR count). The second-order valence-corrected chi connectivity index (χ2v) is 4.79. The Bertz CT molecular complexity index is 785. The highest BCUT2D eigenvalue weighted by molar-refractivity contribution is 6.03. The number of aromatic nitrogens is 4. The van der Waals surface area contributed by atoms with E-state index < -0.39 is 0 Å². The summed E-state index contributed by atoms with van der Waals surface area (Å²) in [5.41, 5.74) is 1.34. The predicted molar refractivity (Wildman–Crippen MR) is 82.8 cm³/mol. The quantitative estimate of drug-likeness (QED) is 0.742. The molecule has 0 saturated carbocycles. The van der Waals surface area contributed by atoms with Gasteiger partial charge in [-0.2, -0.15) is 0 Å². The number of nitrogens with zero attached hydrogens (tertiary/aromatic N) is 4. The first-order valence-corrected chi connectivity index (χ1v) is 6.90. The van der Waals surface area contributed by atoms with Gasteiger partial charge in [-0.1, -0.05) is 11.2 Å². The molecule has 0 unspecified atom stereocenters. The molecule has 0 bridgehead atoms. The van der Waals surface area contributed by atoms with Crippen molar-refractivity contribution in [2.75, 3.05) is 10.6 Å². The number of pyridine rings is 1. The van der Waals surface area contributed by atoms with Crippen molar-refractivity contribution in [2.45, 2.75) is 13.5 Å². The van der Waals surface area contributed by atoms with Gasteiger partial charge in [0.05, 0.1) is 5.56 Å². The molecule has 8 heteroatoms. The maximum Gasteiger partial charge on any atom is 0.260 e. The molecule has 116 valence electrons. The summed E-state index contributed by atoms with van der Waals surface area (Å²) >= 11 is 0. The van der Waals surface area contributed by atoms with Crippen LogP contribution in [-0.2, 0) is 6.54 Å². The molecule has 8 nitrogen and oxygen atoms in total. The first kappa shape index (κ1) is 14.6. The fraction of sp³-hybridized carbons (Fsp3) is 0.133. The van der Waals surface area contributed by atoms with Crippen molar-refractivity contribution in [3.8, 4) is 0 Å². The molecule has 0 aromatic carbocycles. The van der Waals surface area contributed by atoms with Crippen molar-refractivity contribution in [1.82, 2.24) is 20.1 Å². The topological polar surface area (TPSA) is 106 Å². The smallest absolute Gasteiger partial charge is 0.260 e. The summed E-state index contributed by atoms with van der Waals surface area (Å²) in [4.78, 5) is 24.3. The van der Waals surface area contributed by atoms with Gasteiger partial charge < -0.3 is 15.2 Å². The van der Waals surface area contributed by atoms with Gasteiger partial charge in [0.1, 0.15) is 5.76 Å². The van der Waals surface area contributed by atoms with E-state index in [4.69, 9.17) is 4.52 Å². The van der Waals surface area contributed by atoms with Crippen LogP contribution in [0.25, 0.3) is 0 Å². The van der Waals surface area contributed by atoms with E-state index in [9.17, 15) is 4.79 Å². The molecule has 3 aromatic rings. The third-order valence-corrected chi connectivity index (χ3v) is 2.96. The maximum absolute atomic E-state index is 12.0. The lowest BCUT2D eigenvalue weighted by Crippen LogP contribution is -2.13. The van der Waals surface area contributed by atoms with Crippen LogP contribution in [-0.4, -0.2) is 26.0 Å². The number of rotatable bonds is 5. The van der Waals surface area contributed by atoms with Gasteiger partial charge in [-0.3, -0.25) is 9.78 Å². The minimum absolute atomic E-state index is 0.331. The predicted octanol–water partition coefficient (Wildman–Crippen LogP) is 2.03. The molecule has 0 spiro atoms. The van der Waals surface area contributed by atoms with E-state index in [1.54, 1.807) is 25.4 Å². The van der Waals surface area contributed by atoms with Crippen molar-refractivity contribution >= 4 is 17.7 Å². The Kier molecular flexibility index (Phi) is 4.23. The van der Waals surface area contributed by atoms with Gasteiger partial charge in [-0.05, 0) is 18.6 Å². The number of hydrogen-bond acceptors (Lipinski definition) is 7. The summed E-state index contributed by atoms with van der Waals surface area (Å²) in [7, 11) is 0. The summed E-state index contributed by atoms with van der Waals surface area (Å²) in [5, 5.41) is 9.36. The van der Waals surface area contributed by atoms with Crippen LogP contribution in [0.3, 0.4) is 0 Å². The Morgan fingerprint density at radius 1 is 1.26 bits per heavy atom. The van der Waals surface area contributed by atoms with Crippen molar-refractivity contribution in [1.29, 1.82) is 0 Å². The Balaban J connectivity index is 1.59. The van der Waals surface area contributed by atoms with E-state index in [1.165, 1.54) is 12.4 Å². The Morgan fingerprint density at radius 2 is 2.09 bits per heavy atom. The average Bonchev–Trinajstić information content (AvgIpc) is 2.99. The molecule has 0 aliphatic carbocycles. The fourth-order valence-electron chi connectivity index (χ4n) is 1.83. The number of aryl methyl sites for hydroxylation is 1. The number of amides is 1. The summed E-state index contributed by atoms with van der Waals surface area (Å²) < 4.78 is 4.88. The molecule has 2 N–H and O–H groups in total. The number of anilines is 2. The van der Waals surface area contributed by atoms with E-state index in [1.807, 2.05) is 12.1 Å². The second-order valence-electron chi connectivity index (χ2n) is 4.79. The zero-order valence-electron chi connectivity index (χ0n) is 12.4. The monoisotopic (exact) mass is 310 g/mol. The molecule has 3 heterocycles. The SMILES string of the molecule is Cc1cc(NC(=O)c2cnc(NCc3cccnc3)nc2)no1. The van der Waals surface area contributed by atoms with Crippen LogP contribution in [0.1, 0.15) is 21.7 Å². The number of carbonyl (C=O) groups excluding carboxylic acids is 1. The van der Waals surface area contributed by atoms with Crippen LogP contribution >= 0.6 is 0 Å². The van der Waals surface area contributed by atoms with Crippen LogP contribution in [0.15, 0.2) is 47.5 Å². The number of nitrogens with one attached hydrogen (secondary N) is 2. The van der Waals surface area contributed by atoms with Gasteiger partial charge in [0.25, 0.3) is 5.91 Å². The summed E-state index contributed by atoms with van der Waals surface area (Å²) in [6.07, 6.45) is 6.36. The molecule has 23 heavy (non-hydrogen) atoms. The van der Waals surface area contributed by atoms with Gasteiger partial charge >= 0.3 is 0 Å². The standard InChI is InChI=1S/C15H14N6O2/c1-10-5-13(21-23-10)20-14(22)12-8-18-15(19-9-12)17-7-11-3-2-4-16-6-11/h2-6,8-9H,7H2,1H3,(H,17,18,19)(H,20,21,22). The molecule has 0 fully saturated rings. The van der Waals surface area contributed by atoms with E-state index in [0.29, 0.717) is 29.6 Å². The average molecular weight is 310 g/mol. The normalized spacial score (nSPS) is 10.3. The maximum atomic E-state index is 12.0. The molecule has 0 aliphatic rings. The molecule has 0 radical (unpaired) electrons. The highest BCUT2D eigenvalue weighted by Crippen LogP contribution is 2.09. The van der Waals surface area contributed by atoms with Crippen LogP contribution < -0.4 is 10.6 Å². The Morgan fingerprint density at radius 3 is 2.74 bits per heavy atom. The van der Waals surface area contributed by atoms with Gasteiger partial charge in [-0.25, -0.2) is 9.97 Å².